The summed E-state index contributed by atoms with van der Waals surface area (Å²) < 4.78 is 56.6. The number of benzene rings is 2. The van der Waals surface area contributed by atoms with Crippen LogP contribution in [0.15, 0.2) is 53.6 Å². The summed E-state index contributed by atoms with van der Waals surface area (Å²) in [7, 11) is 1.54. The molecule has 0 atom stereocenters. The molecule has 1 aromatic heterocycles. The normalized spacial score (nSPS) is 14.7. The lowest BCUT2D eigenvalue weighted by atomic mass is 10.1. The molecule has 1 aliphatic rings. The molecule has 0 radical (unpaired) electrons. The Hall–Kier alpha value is -3.60. The monoisotopic (exact) mass is 505 g/mol. The highest BCUT2D eigenvalue weighted by molar-refractivity contribution is 5.82. The van der Waals surface area contributed by atoms with E-state index in [2.05, 4.69) is 4.98 Å². The molecule has 4 rings (SSSR count). The number of piperidine rings is 1. The highest BCUT2D eigenvalue weighted by Gasteiger charge is 2.43. The van der Waals surface area contributed by atoms with E-state index in [1.54, 1.807) is 12.1 Å². The molecule has 0 N–H and O–H groups in total. The van der Waals surface area contributed by atoms with E-state index in [0.29, 0.717) is 29.8 Å². The molecule has 1 fully saturated rings. The van der Waals surface area contributed by atoms with E-state index < -0.39 is 18.2 Å². The highest BCUT2D eigenvalue weighted by Crippen LogP contribution is 2.33. The average Bonchev–Trinajstić information content (AvgIpc) is 2.86. The Morgan fingerprint density at radius 1 is 1.08 bits per heavy atom. The summed E-state index contributed by atoms with van der Waals surface area (Å²) in [6.07, 6.45) is -3.45. The molecular weight excluding hydrogens is 479 g/mol. The van der Waals surface area contributed by atoms with Gasteiger partial charge < -0.3 is 19.1 Å². The van der Waals surface area contributed by atoms with E-state index in [1.807, 2.05) is 30.3 Å². The van der Waals surface area contributed by atoms with E-state index in [1.165, 1.54) is 18.0 Å². The van der Waals surface area contributed by atoms with Crippen LogP contribution in [0.5, 0.6) is 11.5 Å². The van der Waals surface area contributed by atoms with Crippen molar-refractivity contribution in [2.75, 3.05) is 33.4 Å². The summed E-state index contributed by atoms with van der Waals surface area (Å²) >= 11 is 0. The molecule has 0 unspecified atom stereocenters. The lowest BCUT2D eigenvalue weighted by molar-refractivity contribution is -0.187. The molecule has 1 saturated heterocycles. The summed E-state index contributed by atoms with van der Waals surface area (Å²) in [5.74, 6) is -1.21. The number of halogens is 3. The summed E-state index contributed by atoms with van der Waals surface area (Å²) in [5, 5.41) is 0.326. The fourth-order valence-electron chi connectivity index (χ4n) is 4.03. The van der Waals surface area contributed by atoms with Crippen LogP contribution in [0.1, 0.15) is 18.4 Å². The van der Waals surface area contributed by atoms with Crippen LogP contribution in [0, 0.1) is 0 Å². The Balaban J connectivity index is 1.58. The second-order valence-electron chi connectivity index (χ2n) is 8.43. The van der Waals surface area contributed by atoms with Crippen LogP contribution in [0.25, 0.3) is 10.9 Å². The lowest BCUT2D eigenvalue weighted by Gasteiger charge is -2.32. The number of aromatic nitrogens is 2. The molecule has 2 aromatic carbocycles. The van der Waals surface area contributed by atoms with Gasteiger partial charge in [0.05, 0.1) is 30.4 Å². The van der Waals surface area contributed by atoms with Crippen molar-refractivity contribution in [3.63, 3.8) is 0 Å². The summed E-state index contributed by atoms with van der Waals surface area (Å²) in [4.78, 5) is 29.9. The number of fused-ring (bicyclic) bond motifs is 1. The molecule has 0 saturated carbocycles. The van der Waals surface area contributed by atoms with Gasteiger partial charge in [0, 0.05) is 39.1 Å². The van der Waals surface area contributed by atoms with E-state index in [0.717, 1.165) is 10.5 Å². The summed E-state index contributed by atoms with van der Waals surface area (Å²) in [5.41, 5.74) is 1.11. The second kappa shape index (κ2) is 11.0. The fraction of sp³-hybridized carbons (Fsp3) is 0.400. The average molecular weight is 505 g/mol. The van der Waals surface area contributed by atoms with Crippen molar-refractivity contribution in [1.82, 2.24) is 14.5 Å². The number of carbonyl (C=O) groups excluding carboxylic acids is 1. The van der Waals surface area contributed by atoms with Crippen molar-refractivity contribution in [2.45, 2.75) is 31.7 Å². The Kier molecular flexibility index (Phi) is 7.78. The number of methoxy groups -OCH3 is 1. The molecule has 2 heterocycles. The quantitative estimate of drug-likeness (QED) is 0.437. The Labute approximate surface area is 205 Å². The number of amides is 1. The van der Waals surface area contributed by atoms with Crippen molar-refractivity contribution >= 4 is 16.8 Å². The SMILES string of the molecule is COCCOc1cc2ncn(Cc3ccccc3)c(=O)c2cc1OC1CCN(C(=O)C(F)(F)F)CC1. The Morgan fingerprint density at radius 2 is 1.81 bits per heavy atom. The topological polar surface area (TPSA) is 82.9 Å². The second-order valence-corrected chi connectivity index (χ2v) is 8.43. The van der Waals surface area contributed by atoms with Gasteiger partial charge in [0.2, 0.25) is 0 Å². The van der Waals surface area contributed by atoms with Crippen molar-refractivity contribution in [3.8, 4) is 11.5 Å². The first-order chi connectivity index (χ1) is 17.3. The standard InChI is InChI=1S/C25H26F3N3O5/c1-34-11-12-35-21-14-20-19(23(32)31(16-29-20)15-17-5-3-2-4-6-17)13-22(21)36-18-7-9-30(10-8-18)24(33)25(26,27)28/h2-6,13-14,16,18H,7-12,15H2,1H3. The number of alkyl halides is 3. The molecule has 1 aliphatic heterocycles. The zero-order chi connectivity index (χ0) is 25.7. The van der Waals surface area contributed by atoms with Gasteiger partial charge in [-0.3, -0.25) is 14.2 Å². The predicted molar refractivity (Wildman–Crippen MR) is 125 cm³/mol. The Bertz CT molecular complexity index is 1260. The molecular formula is C25H26F3N3O5. The number of likely N-dealkylation sites (tertiary alicyclic amines) is 1. The Morgan fingerprint density at radius 3 is 2.47 bits per heavy atom. The van der Waals surface area contributed by atoms with Crippen LogP contribution >= 0.6 is 0 Å². The summed E-state index contributed by atoms with van der Waals surface area (Å²) in [6, 6.07) is 12.7. The molecule has 0 bridgehead atoms. The zero-order valence-electron chi connectivity index (χ0n) is 19.7. The number of rotatable bonds is 8. The van der Waals surface area contributed by atoms with E-state index in [-0.39, 0.29) is 43.8 Å². The van der Waals surface area contributed by atoms with Gasteiger partial charge in [0.15, 0.2) is 11.5 Å². The number of hydrogen-bond acceptors (Lipinski definition) is 6. The van der Waals surface area contributed by atoms with Gasteiger partial charge in [-0.05, 0) is 11.6 Å². The first-order valence-corrected chi connectivity index (χ1v) is 11.5. The number of carbonyl (C=O) groups is 1. The van der Waals surface area contributed by atoms with Gasteiger partial charge in [0.25, 0.3) is 5.56 Å². The van der Waals surface area contributed by atoms with Crippen LogP contribution < -0.4 is 15.0 Å². The number of ether oxygens (including phenoxy) is 3. The maximum absolute atomic E-state index is 13.2. The molecule has 11 heteroatoms. The van der Waals surface area contributed by atoms with Crippen LogP contribution in [0.3, 0.4) is 0 Å². The van der Waals surface area contributed by atoms with E-state index in [4.69, 9.17) is 14.2 Å². The third-order valence-corrected chi connectivity index (χ3v) is 5.90. The molecule has 0 spiro atoms. The largest absolute Gasteiger partial charge is 0.487 e. The minimum absolute atomic E-state index is 0.0815. The van der Waals surface area contributed by atoms with E-state index in [9.17, 15) is 22.8 Å². The minimum Gasteiger partial charge on any atom is -0.487 e. The maximum atomic E-state index is 13.2. The third kappa shape index (κ3) is 5.96. The van der Waals surface area contributed by atoms with Crippen molar-refractivity contribution in [2.24, 2.45) is 0 Å². The van der Waals surface area contributed by atoms with E-state index >= 15 is 0 Å². The summed E-state index contributed by atoms with van der Waals surface area (Å²) in [6.45, 7) is 0.726. The molecule has 8 nitrogen and oxygen atoms in total. The van der Waals surface area contributed by atoms with Gasteiger partial charge in [-0.2, -0.15) is 13.2 Å². The predicted octanol–water partition coefficient (Wildman–Crippen LogP) is 3.40. The smallest absolute Gasteiger partial charge is 0.471 e. The number of hydrogen-bond donors (Lipinski definition) is 0. The molecule has 36 heavy (non-hydrogen) atoms. The highest BCUT2D eigenvalue weighted by atomic mass is 19.4. The first-order valence-electron chi connectivity index (χ1n) is 11.5. The van der Waals surface area contributed by atoms with Crippen molar-refractivity contribution in [3.05, 3.63) is 64.7 Å². The number of nitrogens with zero attached hydrogens (tertiary/aromatic N) is 3. The van der Waals surface area contributed by atoms with Crippen LogP contribution in [-0.4, -0.2) is 66.1 Å². The van der Waals surface area contributed by atoms with Gasteiger partial charge in [0.1, 0.15) is 12.7 Å². The van der Waals surface area contributed by atoms with Crippen molar-refractivity contribution in [1.29, 1.82) is 0 Å². The third-order valence-electron chi connectivity index (χ3n) is 5.90. The molecule has 0 aliphatic carbocycles. The van der Waals surface area contributed by atoms with Gasteiger partial charge in [-0.15, -0.1) is 0 Å². The fourth-order valence-corrected chi connectivity index (χ4v) is 4.03. The van der Waals surface area contributed by atoms with Crippen LogP contribution in [-0.2, 0) is 16.1 Å². The lowest BCUT2D eigenvalue weighted by Crippen LogP contribution is -2.47. The minimum atomic E-state index is -4.90. The van der Waals surface area contributed by atoms with Gasteiger partial charge in [-0.25, -0.2) is 4.98 Å². The first kappa shape index (κ1) is 25.5. The van der Waals surface area contributed by atoms with Gasteiger partial charge >= 0.3 is 12.1 Å². The maximum Gasteiger partial charge on any atom is 0.471 e. The van der Waals surface area contributed by atoms with Gasteiger partial charge in [-0.1, -0.05) is 30.3 Å². The molecule has 3 aromatic rings. The van der Waals surface area contributed by atoms with Crippen molar-refractivity contribution < 1.29 is 32.2 Å². The van der Waals surface area contributed by atoms with Crippen LogP contribution in [0.2, 0.25) is 0 Å². The molecule has 192 valence electrons. The van der Waals surface area contributed by atoms with Crippen LogP contribution in [0.4, 0.5) is 13.2 Å². The molecule has 1 amide bonds. The zero-order valence-corrected chi connectivity index (χ0v) is 19.7.